The van der Waals surface area contributed by atoms with Crippen LogP contribution in [0.2, 0.25) is 0 Å². The number of hydrogen-bond acceptors (Lipinski definition) is 4. The summed E-state index contributed by atoms with van der Waals surface area (Å²) in [5.74, 6) is 2.42. The fourth-order valence-electron chi connectivity index (χ4n) is 3.95. The highest BCUT2D eigenvalue weighted by molar-refractivity contribution is 5.99. The van der Waals surface area contributed by atoms with Crippen LogP contribution in [0.5, 0.6) is 0 Å². The molecule has 1 atom stereocenters. The second-order valence-corrected chi connectivity index (χ2v) is 9.16. The maximum Gasteiger partial charge on any atom is 0.328 e. The summed E-state index contributed by atoms with van der Waals surface area (Å²) in [6.45, 7) is 2.84. The lowest BCUT2D eigenvalue weighted by Crippen LogP contribution is -2.42. The molecule has 0 aromatic rings. The molecule has 0 radical (unpaired) electrons. The average Bonchev–Trinajstić information content (AvgIpc) is 3.55. The van der Waals surface area contributed by atoms with Crippen molar-refractivity contribution < 1.29 is 19.1 Å². The number of allylic oxidation sites excluding steroid dienone is 4. The van der Waals surface area contributed by atoms with E-state index in [1.54, 1.807) is 0 Å². The summed E-state index contributed by atoms with van der Waals surface area (Å²) >= 11 is 0. The second-order valence-electron chi connectivity index (χ2n) is 9.16. The smallest absolute Gasteiger partial charge is 0.328 e. The van der Waals surface area contributed by atoms with Crippen molar-refractivity contribution in [3.8, 4) is 0 Å². The van der Waals surface area contributed by atoms with Gasteiger partial charge in [-0.25, -0.2) is 4.79 Å². The first-order chi connectivity index (χ1) is 14.0. The molecule has 4 aliphatic rings. The van der Waals surface area contributed by atoms with Crippen LogP contribution in [0, 0.1) is 17.8 Å². The van der Waals surface area contributed by atoms with Crippen LogP contribution >= 0.6 is 0 Å². The molecule has 0 spiro atoms. The van der Waals surface area contributed by atoms with Gasteiger partial charge in [0.25, 0.3) is 5.91 Å². The van der Waals surface area contributed by atoms with Crippen LogP contribution in [0.25, 0.3) is 0 Å². The van der Waals surface area contributed by atoms with E-state index >= 15 is 0 Å². The summed E-state index contributed by atoms with van der Waals surface area (Å²) in [5, 5.41) is 2.94. The zero-order valence-electron chi connectivity index (χ0n) is 17.7. The summed E-state index contributed by atoms with van der Waals surface area (Å²) < 4.78 is 11.1. The van der Waals surface area contributed by atoms with Gasteiger partial charge in [0.1, 0.15) is 6.04 Å². The topological polar surface area (TPSA) is 64.6 Å². The van der Waals surface area contributed by atoms with Gasteiger partial charge >= 0.3 is 5.97 Å². The summed E-state index contributed by atoms with van der Waals surface area (Å²) in [5.41, 5.74) is 2.98. The third-order valence-corrected chi connectivity index (χ3v) is 6.45. The lowest BCUT2D eigenvalue weighted by molar-refractivity contribution is -0.145. The first-order valence-corrected chi connectivity index (χ1v) is 11.2. The monoisotopic (exact) mass is 399 g/mol. The highest BCUT2D eigenvalue weighted by atomic mass is 16.5. The van der Waals surface area contributed by atoms with E-state index in [0.29, 0.717) is 23.8 Å². The second kappa shape index (κ2) is 8.76. The van der Waals surface area contributed by atoms with E-state index in [1.165, 1.54) is 38.4 Å². The predicted octanol–water partition coefficient (Wildman–Crippen LogP) is 4.20. The van der Waals surface area contributed by atoms with Crippen molar-refractivity contribution in [2.75, 3.05) is 13.7 Å². The molecule has 4 aliphatic carbocycles. The van der Waals surface area contributed by atoms with Gasteiger partial charge in [-0.15, -0.1) is 0 Å². The van der Waals surface area contributed by atoms with E-state index in [1.807, 2.05) is 13.0 Å². The van der Waals surface area contributed by atoms with Crippen LogP contribution < -0.4 is 5.32 Å². The molecule has 0 aromatic carbocycles. The Morgan fingerprint density at radius 1 is 1.07 bits per heavy atom. The van der Waals surface area contributed by atoms with Crippen LogP contribution in [0.4, 0.5) is 0 Å². The molecule has 1 amide bonds. The molecule has 5 heteroatoms. The molecule has 3 fully saturated rings. The zero-order valence-corrected chi connectivity index (χ0v) is 17.7. The van der Waals surface area contributed by atoms with Crippen LogP contribution in [0.1, 0.15) is 64.7 Å². The molecule has 0 bridgehead atoms. The number of amides is 1. The molecule has 4 rings (SSSR count). The standard InChI is InChI=1S/C24H33NO4/c1-15-3-12-22(29-14-17-6-7-17)20(18-8-9-18)11-10-19(15)23(26)25-21(24(27)28-2)13-16-4-5-16/h10-11,16-18,21H,3-9,12-14H2,1-2H3,(H,25,26). The number of ether oxygens (including phenoxy) is 2. The summed E-state index contributed by atoms with van der Waals surface area (Å²) in [6, 6.07) is -0.560. The van der Waals surface area contributed by atoms with Crippen molar-refractivity contribution in [2.24, 2.45) is 17.8 Å². The van der Waals surface area contributed by atoms with E-state index in [0.717, 1.165) is 49.5 Å². The lowest BCUT2D eigenvalue weighted by Gasteiger charge is -2.20. The van der Waals surface area contributed by atoms with Gasteiger partial charge < -0.3 is 14.8 Å². The fraction of sp³-hybridized carbons (Fsp3) is 0.667. The molecular weight excluding hydrogens is 366 g/mol. The number of carbonyl (C=O) groups excluding carboxylic acids is 2. The molecule has 1 unspecified atom stereocenters. The van der Waals surface area contributed by atoms with Gasteiger partial charge in [0, 0.05) is 12.0 Å². The Morgan fingerprint density at radius 3 is 2.41 bits per heavy atom. The van der Waals surface area contributed by atoms with E-state index in [2.05, 4.69) is 11.4 Å². The van der Waals surface area contributed by atoms with Crippen LogP contribution in [-0.2, 0) is 19.1 Å². The summed E-state index contributed by atoms with van der Waals surface area (Å²) in [6.07, 6.45) is 13.6. The Balaban J connectivity index is 1.47. The van der Waals surface area contributed by atoms with Crippen molar-refractivity contribution in [2.45, 2.75) is 70.8 Å². The molecular formula is C24H33NO4. The van der Waals surface area contributed by atoms with Gasteiger partial charge in [0.05, 0.1) is 19.5 Å². The first kappa shape index (κ1) is 20.2. The zero-order chi connectivity index (χ0) is 20.4. The number of methoxy groups -OCH3 is 1. The van der Waals surface area contributed by atoms with Crippen molar-refractivity contribution >= 4 is 11.9 Å². The Hall–Kier alpha value is -2.04. The van der Waals surface area contributed by atoms with Gasteiger partial charge in [-0.2, -0.15) is 0 Å². The lowest BCUT2D eigenvalue weighted by atomic mass is 9.95. The molecule has 0 aliphatic heterocycles. The SMILES string of the molecule is COC(=O)C(CC1CC1)NC(=O)C1=C(C)CCC(OCC2CC2)=C(C2CC2)C=C1. The quantitative estimate of drug-likeness (QED) is 0.590. The number of rotatable bonds is 9. The highest BCUT2D eigenvalue weighted by Crippen LogP contribution is 2.42. The molecule has 3 saturated carbocycles. The molecule has 0 aromatic heterocycles. The number of nitrogens with one attached hydrogen (secondary N) is 1. The first-order valence-electron chi connectivity index (χ1n) is 11.2. The fourth-order valence-corrected chi connectivity index (χ4v) is 3.95. The molecule has 158 valence electrons. The average molecular weight is 400 g/mol. The Kier molecular flexibility index (Phi) is 6.12. The third-order valence-electron chi connectivity index (χ3n) is 6.45. The number of carbonyl (C=O) groups is 2. The van der Waals surface area contributed by atoms with Crippen LogP contribution in [0.15, 0.2) is 34.6 Å². The van der Waals surface area contributed by atoms with Crippen molar-refractivity contribution in [1.82, 2.24) is 5.32 Å². The minimum atomic E-state index is -0.560. The van der Waals surface area contributed by atoms with E-state index in [9.17, 15) is 9.59 Å². The molecule has 0 saturated heterocycles. The van der Waals surface area contributed by atoms with Crippen LogP contribution in [-0.4, -0.2) is 31.6 Å². The molecule has 29 heavy (non-hydrogen) atoms. The van der Waals surface area contributed by atoms with E-state index in [-0.39, 0.29) is 11.9 Å². The highest BCUT2D eigenvalue weighted by Gasteiger charge is 2.33. The van der Waals surface area contributed by atoms with Crippen molar-refractivity contribution in [1.29, 1.82) is 0 Å². The molecule has 5 nitrogen and oxygen atoms in total. The predicted molar refractivity (Wildman–Crippen MR) is 111 cm³/mol. The summed E-state index contributed by atoms with van der Waals surface area (Å²) in [7, 11) is 1.38. The Labute approximate surface area is 173 Å². The molecule has 0 heterocycles. The van der Waals surface area contributed by atoms with Crippen molar-refractivity contribution in [3.63, 3.8) is 0 Å². The number of esters is 1. The van der Waals surface area contributed by atoms with Gasteiger partial charge in [-0.3, -0.25) is 4.79 Å². The maximum atomic E-state index is 13.0. The third kappa shape index (κ3) is 5.52. The van der Waals surface area contributed by atoms with E-state index in [4.69, 9.17) is 9.47 Å². The summed E-state index contributed by atoms with van der Waals surface area (Å²) in [4.78, 5) is 25.2. The Morgan fingerprint density at radius 2 is 1.79 bits per heavy atom. The number of hydrogen-bond donors (Lipinski definition) is 1. The minimum absolute atomic E-state index is 0.174. The van der Waals surface area contributed by atoms with Crippen molar-refractivity contribution in [3.05, 3.63) is 34.6 Å². The van der Waals surface area contributed by atoms with Gasteiger partial charge in [0.2, 0.25) is 0 Å². The van der Waals surface area contributed by atoms with E-state index < -0.39 is 6.04 Å². The van der Waals surface area contributed by atoms with Gasteiger partial charge in [-0.1, -0.05) is 24.5 Å². The van der Waals surface area contributed by atoms with Gasteiger partial charge in [0.15, 0.2) is 0 Å². The maximum absolute atomic E-state index is 13.0. The Bertz CT molecular complexity index is 751. The van der Waals surface area contributed by atoms with Crippen LogP contribution in [0.3, 0.4) is 0 Å². The van der Waals surface area contributed by atoms with Gasteiger partial charge in [-0.05, 0) is 74.9 Å². The minimum Gasteiger partial charge on any atom is -0.497 e. The largest absolute Gasteiger partial charge is 0.497 e. The normalized spacial score (nSPS) is 23.4. The molecule has 1 N–H and O–H groups in total.